The van der Waals surface area contributed by atoms with Gasteiger partial charge < -0.3 is 9.47 Å². The molecule has 1 aromatic heterocycles. The third kappa shape index (κ3) is 4.40. The van der Waals surface area contributed by atoms with E-state index in [0.717, 1.165) is 5.56 Å². The Morgan fingerprint density at radius 2 is 2.06 bits per heavy atom. The van der Waals surface area contributed by atoms with Gasteiger partial charge in [-0.05, 0) is 36.3 Å². The number of halogens is 1. The lowest BCUT2D eigenvalue weighted by Crippen LogP contribution is -2.40. The summed E-state index contributed by atoms with van der Waals surface area (Å²) in [4.78, 5) is 31.6. The summed E-state index contributed by atoms with van der Waals surface area (Å²) in [5.74, 6) is -0.0911. The van der Waals surface area contributed by atoms with Crippen LogP contribution in [0.4, 0.5) is 0 Å². The lowest BCUT2D eigenvalue weighted by atomic mass is 9.95. The van der Waals surface area contributed by atoms with Crippen molar-refractivity contribution >= 4 is 35.0 Å². The first kappa shape index (κ1) is 23.5. The molecule has 34 heavy (non-hydrogen) atoms. The average molecular weight is 494 g/mol. The number of thiazole rings is 1. The van der Waals surface area contributed by atoms with Crippen LogP contribution in [0.5, 0.6) is 5.75 Å². The summed E-state index contributed by atoms with van der Waals surface area (Å²) in [6.07, 6.45) is 2.16. The van der Waals surface area contributed by atoms with E-state index in [1.54, 1.807) is 24.3 Å². The Kier molecular flexibility index (Phi) is 6.96. The van der Waals surface area contributed by atoms with Gasteiger partial charge in [0.1, 0.15) is 11.8 Å². The monoisotopic (exact) mass is 493 g/mol. The van der Waals surface area contributed by atoms with E-state index in [0.29, 0.717) is 43.4 Å². The Balaban J connectivity index is 1.98. The summed E-state index contributed by atoms with van der Waals surface area (Å²) in [7, 11) is 1.32. The molecule has 3 aromatic rings. The van der Waals surface area contributed by atoms with Gasteiger partial charge in [-0.2, -0.15) is 5.26 Å². The van der Waals surface area contributed by atoms with Gasteiger partial charge in [0.2, 0.25) is 0 Å². The molecule has 0 aliphatic carbocycles. The first-order valence-electron chi connectivity index (χ1n) is 10.5. The van der Waals surface area contributed by atoms with Crippen molar-refractivity contribution in [1.29, 1.82) is 5.26 Å². The molecule has 7 nitrogen and oxygen atoms in total. The lowest BCUT2D eigenvalue weighted by molar-refractivity contribution is -0.136. The number of ether oxygens (including phenoxy) is 2. The van der Waals surface area contributed by atoms with Crippen LogP contribution in [0, 0.1) is 11.3 Å². The molecule has 0 saturated heterocycles. The van der Waals surface area contributed by atoms with Crippen LogP contribution in [0.3, 0.4) is 0 Å². The van der Waals surface area contributed by atoms with E-state index in [4.69, 9.17) is 26.3 Å². The number of allylic oxidation sites excluding steroid dienone is 1. The van der Waals surface area contributed by atoms with Crippen LogP contribution in [0.1, 0.15) is 30.5 Å². The first-order valence-corrected chi connectivity index (χ1v) is 11.6. The van der Waals surface area contributed by atoms with Gasteiger partial charge in [0, 0.05) is 10.6 Å². The fourth-order valence-electron chi connectivity index (χ4n) is 3.83. The summed E-state index contributed by atoms with van der Waals surface area (Å²) in [6, 6.07) is 15.6. The number of aromatic nitrogens is 1. The third-order valence-electron chi connectivity index (χ3n) is 5.32. The van der Waals surface area contributed by atoms with Gasteiger partial charge in [-0.3, -0.25) is 9.36 Å². The first-order chi connectivity index (χ1) is 16.5. The Bertz CT molecular complexity index is 1500. The predicted molar refractivity (Wildman–Crippen MR) is 129 cm³/mol. The Labute approximate surface area is 204 Å². The van der Waals surface area contributed by atoms with E-state index in [2.05, 4.69) is 4.99 Å². The summed E-state index contributed by atoms with van der Waals surface area (Å²) >= 11 is 7.38. The highest BCUT2D eigenvalue weighted by Gasteiger charge is 2.33. The van der Waals surface area contributed by atoms with Gasteiger partial charge in [0.05, 0.1) is 29.0 Å². The summed E-state index contributed by atoms with van der Waals surface area (Å²) in [6.45, 7) is 1.77. The smallest absolute Gasteiger partial charge is 0.338 e. The van der Waals surface area contributed by atoms with Gasteiger partial charge in [-0.1, -0.05) is 60.2 Å². The maximum atomic E-state index is 13.6. The number of carbonyl (C=O) groups excluding carboxylic acids is 1. The highest BCUT2D eigenvalue weighted by molar-refractivity contribution is 7.07. The van der Waals surface area contributed by atoms with Crippen molar-refractivity contribution in [1.82, 2.24) is 4.57 Å². The molecule has 9 heteroatoms. The molecule has 4 rings (SSSR count). The molecule has 1 aliphatic heterocycles. The fourth-order valence-corrected chi connectivity index (χ4v) is 5.02. The molecule has 0 bridgehead atoms. The van der Waals surface area contributed by atoms with E-state index in [9.17, 15) is 9.59 Å². The number of methoxy groups -OCH3 is 1. The molecule has 172 valence electrons. The molecule has 0 radical (unpaired) electrons. The van der Waals surface area contributed by atoms with E-state index in [1.165, 1.54) is 23.0 Å². The van der Waals surface area contributed by atoms with Gasteiger partial charge in [0.15, 0.2) is 11.4 Å². The van der Waals surface area contributed by atoms with Crippen molar-refractivity contribution < 1.29 is 14.3 Å². The molecule has 0 amide bonds. The standard InChI is InChI=1S/C25H20ClN3O4S/c1-3-18-21(24(31)32-2)22(15-7-5-4-6-8-15)29-23(30)20(34-25(29)28-18)14-16-13-17(26)9-10-19(16)33-12-11-27/h4-10,13-14,22H,3,12H2,1-2H3/b20-14+/t22-/m1/s1. The van der Waals surface area contributed by atoms with Crippen LogP contribution < -0.4 is 19.6 Å². The maximum absolute atomic E-state index is 13.6. The zero-order chi connectivity index (χ0) is 24.2. The molecule has 0 N–H and O–H groups in total. The fraction of sp³-hybridized carbons (Fsp3) is 0.200. The zero-order valence-corrected chi connectivity index (χ0v) is 20.0. The predicted octanol–water partition coefficient (Wildman–Crippen LogP) is 3.35. The summed E-state index contributed by atoms with van der Waals surface area (Å²) < 4.78 is 12.5. The molecule has 0 spiro atoms. The molecule has 1 aliphatic rings. The lowest BCUT2D eigenvalue weighted by Gasteiger charge is -2.25. The Hall–Kier alpha value is -3.67. The SMILES string of the molecule is CCC1=C(C(=O)OC)[C@@H](c2ccccc2)n2c(s/c(=C/c3cc(Cl)ccc3OCC#N)c2=O)=N1. The minimum Gasteiger partial charge on any atom is -0.478 e. The molecular formula is C25H20ClN3O4S. The molecule has 0 fully saturated rings. The van der Waals surface area contributed by atoms with Gasteiger partial charge in [-0.15, -0.1) is 0 Å². The van der Waals surface area contributed by atoms with Crippen LogP contribution in [0.2, 0.25) is 5.02 Å². The van der Waals surface area contributed by atoms with Crippen LogP contribution in [-0.4, -0.2) is 24.3 Å². The number of rotatable bonds is 6. The highest BCUT2D eigenvalue weighted by atomic mass is 35.5. The number of fused-ring (bicyclic) bond motifs is 1. The van der Waals surface area contributed by atoms with Crippen LogP contribution >= 0.6 is 22.9 Å². The van der Waals surface area contributed by atoms with Crippen molar-refractivity contribution in [3.05, 3.63) is 95.6 Å². The highest BCUT2D eigenvalue weighted by Crippen LogP contribution is 2.31. The molecule has 2 aromatic carbocycles. The Morgan fingerprint density at radius 1 is 1.29 bits per heavy atom. The summed E-state index contributed by atoms with van der Waals surface area (Å²) in [5.41, 5.74) is 1.95. The molecule has 2 heterocycles. The maximum Gasteiger partial charge on any atom is 0.338 e. The van der Waals surface area contributed by atoms with Crippen molar-refractivity contribution in [2.75, 3.05) is 13.7 Å². The average Bonchev–Trinajstić information content (AvgIpc) is 3.17. The number of benzene rings is 2. The van der Waals surface area contributed by atoms with Crippen LogP contribution in [0.25, 0.3) is 6.08 Å². The van der Waals surface area contributed by atoms with Crippen molar-refractivity contribution in [3.63, 3.8) is 0 Å². The normalized spacial score (nSPS) is 15.4. The number of carbonyl (C=O) groups is 1. The topological polar surface area (TPSA) is 93.7 Å². The molecular weight excluding hydrogens is 474 g/mol. The van der Waals surface area contributed by atoms with Crippen molar-refractivity contribution in [2.24, 2.45) is 4.99 Å². The quantitative estimate of drug-likeness (QED) is 0.491. The Morgan fingerprint density at radius 3 is 2.74 bits per heavy atom. The largest absolute Gasteiger partial charge is 0.478 e. The van der Waals surface area contributed by atoms with E-state index in [-0.39, 0.29) is 12.2 Å². The second-order valence-corrected chi connectivity index (χ2v) is 8.77. The summed E-state index contributed by atoms with van der Waals surface area (Å²) in [5, 5.41) is 9.34. The number of hydrogen-bond donors (Lipinski definition) is 0. The van der Waals surface area contributed by atoms with E-state index >= 15 is 0 Å². The van der Waals surface area contributed by atoms with Gasteiger partial charge in [-0.25, -0.2) is 9.79 Å². The van der Waals surface area contributed by atoms with Crippen molar-refractivity contribution in [3.8, 4) is 11.8 Å². The number of esters is 1. The molecule has 0 unspecified atom stereocenters. The third-order valence-corrected chi connectivity index (χ3v) is 6.53. The number of nitriles is 1. The van der Waals surface area contributed by atoms with Gasteiger partial charge in [0.25, 0.3) is 5.56 Å². The minimum absolute atomic E-state index is 0.139. The van der Waals surface area contributed by atoms with E-state index < -0.39 is 12.0 Å². The van der Waals surface area contributed by atoms with Crippen molar-refractivity contribution in [2.45, 2.75) is 19.4 Å². The molecule has 1 atom stereocenters. The number of nitrogens with zero attached hydrogens (tertiary/aromatic N) is 3. The second-order valence-electron chi connectivity index (χ2n) is 7.33. The number of hydrogen-bond acceptors (Lipinski definition) is 7. The van der Waals surface area contributed by atoms with E-state index in [1.807, 2.05) is 43.3 Å². The molecule has 0 saturated carbocycles. The minimum atomic E-state index is -0.671. The van der Waals surface area contributed by atoms with Crippen LogP contribution in [0.15, 0.2) is 69.6 Å². The second kappa shape index (κ2) is 10.1. The van der Waals surface area contributed by atoms with Gasteiger partial charge >= 0.3 is 5.97 Å². The zero-order valence-electron chi connectivity index (χ0n) is 18.4. The van der Waals surface area contributed by atoms with Crippen LogP contribution in [-0.2, 0) is 9.53 Å².